The van der Waals surface area contributed by atoms with Crippen LogP contribution < -0.4 is 0 Å². The average molecular weight is 270 g/mol. The van der Waals surface area contributed by atoms with Gasteiger partial charge in [-0.15, -0.1) is 0 Å². The van der Waals surface area contributed by atoms with Crippen molar-refractivity contribution in [1.82, 2.24) is 9.80 Å². The lowest BCUT2D eigenvalue weighted by atomic mass is 10.0. The van der Waals surface area contributed by atoms with Crippen LogP contribution in [0.3, 0.4) is 0 Å². The fourth-order valence-corrected chi connectivity index (χ4v) is 2.69. The number of hydrogen-bond donors (Lipinski definition) is 1. The third kappa shape index (κ3) is 3.91. The summed E-state index contributed by atoms with van der Waals surface area (Å²) in [6.07, 6.45) is 1.17. The Balaban J connectivity index is 1.73. The number of ether oxygens (including phenoxy) is 1. The molecule has 19 heavy (non-hydrogen) atoms. The van der Waals surface area contributed by atoms with E-state index in [1.807, 2.05) is 11.8 Å². The highest BCUT2D eigenvalue weighted by molar-refractivity contribution is 5.79. The molecule has 0 aromatic carbocycles. The summed E-state index contributed by atoms with van der Waals surface area (Å²) < 4.78 is 5.44. The SMILES string of the molecule is CC1CC(C(=O)N2CCN(CCC(=O)O)CC2)CO1. The Kier molecular flexibility index (Phi) is 4.76. The Hall–Kier alpha value is -1.14. The molecular weight excluding hydrogens is 248 g/mol. The molecule has 0 spiro atoms. The Morgan fingerprint density at radius 2 is 1.95 bits per heavy atom. The van der Waals surface area contributed by atoms with Gasteiger partial charge in [-0.05, 0) is 13.3 Å². The van der Waals surface area contributed by atoms with Gasteiger partial charge < -0.3 is 14.7 Å². The number of piperazine rings is 1. The molecule has 1 N–H and O–H groups in total. The van der Waals surface area contributed by atoms with Gasteiger partial charge in [0.15, 0.2) is 0 Å². The molecule has 6 heteroatoms. The second kappa shape index (κ2) is 6.34. The van der Waals surface area contributed by atoms with Crippen LogP contribution in [-0.2, 0) is 14.3 Å². The predicted molar refractivity (Wildman–Crippen MR) is 68.8 cm³/mol. The first kappa shape index (κ1) is 14.3. The van der Waals surface area contributed by atoms with Crippen LogP contribution in [0.2, 0.25) is 0 Å². The highest BCUT2D eigenvalue weighted by Crippen LogP contribution is 2.21. The molecule has 6 nitrogen and oxygen atoms in total. The highest BCUT2D eigenvalue weighted by Gasteiger charge is 2.32. The summed E-state index contributed by atoms with van der Waals surface area (Å²) in [6, 6.07) is 0. The van der Waals surface area contributed by atoms with Gasteiger partial charge in [0.25, 0.3) is 0 Å². The van der Waals surface area contributed by atoms with Crippen LogP contribution >= 0.6 is 0 Å². The predicted octanol–water partition coefficient (Wildman–Crippen LogP) is 0.0303. The largest absolute Gasteiger partial charge is 0.481 e. The summed E-state index contributed by atoms with van der Waals surface area (Å²) in [5, 5.41) is 8.65. The standard InChI is InChI=1S/C13H22N2O4/c1-10-8-11(9-19-10)13(18)15-6-4-14(5-7-15)3-2-12(16)17/h10-11H,2-9H2,1H3,(H,16,17). The smallest absolute Gasteiger partial charge is 0.304 e. The fourth-order valence-electron chi connectivity index (χ4n) is 2.69. The van der Waals surface area contributed by atoms with E-state index in [2.05, 4.69) is 4.90 Å². The summed E-state index contributed by atoms with van der Waals surface area (Å²) in [5.41, 5.74) is 0. The molecule has 2 rings (SSSR count). The van der Waals surface area contributed by atoms with Crippen molar-refractivity contribution >= 4 is 11.9 Å². The zero-order valence-corrected chi connectivity index (χ0v) is 11.4. The molecule has 0 bridgehead atoms. The van der Waals surface area contributed by atoms with E-state index in [1.54, 1.807) is 0 Å². The first-order chi connectivity index (χ1) is 9.06. The minimum Gasteiger partial charge on any atom is -0.481 e. The van der Waals surface area contributed by atoms with E-state index in [0.29, 0.717) is 26.2 Å². The lowest BCUT2D eigenvalue weighted by molar-refractivity contribution is -0.139. The third-order valence-corrected chi connectivity index (χ3v) is 3.87. The van der Waals surface area contributed by atoms with E-state index in [9.17, 15) is 9.59 Å². The number of nitrogens with zero attached hydrogens (tertiary/aromatic N) is 2. The Morgan fingerprint density at radius 1 is 1.26 bits per heavy atom. The van der Waals surface area contributed by atoms with Crippen molar-refractivity contribution in [2.45, 2.75) is 25.9 Å². The van der Waals surface area contributed by atoms with Crippen LogP contribution in [0.5, 0.6) is 0 Å². The highest BCUT2D eigenvalue weighted by atomic mass is 16.5. The summed E-state index contributed by atoms with van der Waals surface area (Å²) in [7, 11) is 0. The molecule has 2 unspecified atom stereocenters. The molecule has 2 atom stereocenters. The molecule has 2 heterocycles. The first-order valence-corrected chi connectivity index (χ1v) is 6.91. The summed E-state index contributed by atoms with van der Waals surface area (Å²) in [6.45, 7) is 6.04. The molecule has 1 amide bonds. The Labute approximate surface area is 113 Å². The number of amides is 1. The van der Waals surface area contributed by atoms with Gasteiger partial charge in [-0.2, -0.15) is 0 Å². The molecule has 0 aromatic heterocycles. The molecule has 0 radical (unpaired) electrons. The summed E-state index contributed by atoms with van der Waals surface area (Å²) in [4.78, 5) is 26.8. The first-order valence-electron chi connectivity index (χ1n) is 6.91. The molecule has 2 fully saturated rings. The van der Waals surface area contributed by atoms with Crippen molar-refractivity contribution in [2.24, 2.45) is 5.92 Å². The number of carboxylic acid groups (broad SMARTS) is 1. The van der Waals surface area contributed by atoms with Gasteiger partial charge >= 0.3 is 5.97 Å². The van der Waals surface area contributed by atoms with Crippen LogP contribution in [0.1, 0.15) is 19.8 Å². The molecular formula is C13H22N2O4. The van der Waals surface area contributed by atoms with E-state index >= 15 is 0 Å². The zero-order valence-electron chi connectivity index (χ0n) is 11.4. The molecule has 0 aromatic rings. The Bertz CT molecular complexity index is 340. The second-order valence-electron chi connectivity index (χ2n) is 5.39. The van der Waals surface area contributed by atoms with Crippen LogP contribution in [-0.4, -0.2) is 72.2 Å². The van der Waals surface area contributed by atoms with E-state index in [-0.39, 0.29) is 24.3 Å². The van der Waals surface area contributed by atoms with Crippen molar-refractivity contribution in [1.29, 1.82) is 0 Å². The summed E-state index contributed by atoms with van der Waals surface area (Å²) >= 11 is 0. The molecule has 2 aliphatic rings. The van der Waals surface area contributed by atoms with Crippen LogP contribution in [0.25, 0.3) is 0 Å². The molecule has 2 aliphatic heterocycles. The van der Waals surface area contributed by atoms with Crippen molar-refractivity contribution in [3.05, 3.63) is 0 Å². The van der Waals surface area contributed by atoms with E-state index in [1.165, 1.54) is 0 Å². The van der Waals surface area contributed by atoms with Crippen LogP contribution in [0, 0.1) is 5.92 Å². The van der Waals surface area contributed by atoms with Crippen molar-refractivity contribution in [3.63, 3.8) is 0 Å². The number of aliphatic carboxylic acids is 1. The average Bonchev–Trinajstić information content (AvgIpc) is 2.83. The maximum Gasteiger partial charge on any atom is 0.304 e. The van der Waals surface area contributed by atoms with Crippen molar-refractivity contribution in [2.75, 3.05) is 39.3 Å². The van der Waals surface area contributed by atoms with Gasteiger partial charge in [0, 0.05) is 32.7 Å². The topological polar surface area (TPSA) is 70.1 Å². The number of carboxylic acids is 1. The normalized spacial score (nSPS) is 28.6. The monoisotopic (exact) mass is 270 g/mol. The van der Waals surface area contributed by atoms with Gasteiger partial charge in [-0.1, -0.05) is 0 Å². The van der Waals surface area contributed by atoms with Crippen LogP contribution in [0.4, 0.5) is 0 Å². The van der Waals surface area contributed by atoms with E-state index < -0.39 is 5.97 Å². The van der Waals surface area contributed by atoms with Gasteiger partial charge in [0.1, 0.15) is 0 Å². The lowest BCUT2D eigenvalue weighted by Crippen LogP contribution is -2.50. The number of hydrogen-bond acceptors (Lipinski definition) is 4. The van der Waals surface area contributed by atoms with E-state index in [0.717, 1.165) is 19.5 Å². The maximum absolute atomic E-state index is 12.3. The third-order valence-electron chi connectivity index (χ3n) is 3.87. The Morgan fingerprint density at radius 3 is 2.47 bits per heavy atom. The van der Waals surface area contributed by atoms with Crippen molar-refractivity contribution < 1.29 is 19.4 Å². The van der Waals surface area contributed by atoms with Gasteiger partial charge in [-0.3, -0.25) is 14.5 Å². The lowest BCUT2D eigenvalue weighted by Gasteiger charge is -2.35. The minimum atomic E-state index is -0.768. The molecule has 0 saturated carbocycles. The quantitative estimate of drug-likeness (QED) is 0.780. The maximum atomic E-state index is 12.3. The van der Waals surface area contributed by atoms with Crippen LogP contribution in [0.15, 0.2) is 0 Å². The second-order valence-corrected chi connectivity index (χ2v) is 5.39. The number of carbonyl (C=O) groups excluding carboxylic acids is 1. The van der Waals surface area contributed by atoms with Gasteiger partial charge in [0.2, 0.25) is 5.91 Å². The minimum absolute atomic E-state index is 0.0144. The number of rotatable bonds is 4. The summed E-state index contributed by atoms with van der Waals surface area (Å²) in [5.74, 6) is -0.557. The molecule has 108 valence electrons. The zero-order chi connectivity index (χ0) is 13.8. The van der Waals surface area contributed by atoms with Crippen molar-refractivity contribution in [3.8, 4) is 0 Å². The molecule has 2 saturated heterocycles. The van der Waals surface area contributed by atoms with E-state index in [4.69, 9.17) is 9.84 Å². The molecule has 0 aliphatic carbocycles. The fraction of sp³-hybridized carbons (Fsp3) is 0.846. The number of carbonyl (C=O) groups is 2. The van der Waals surface area contributed by atoms with Gasteiger partial charge in [-0.25, -0.2) is 0 Å². The van der Waals surface area contributed by atoms with Gasteiger partial charge in [0.05, 0.1) is 25.0 Å².